The average molecular weight is 1100 g/mol. The average Bonchev–Trinajstić information content (AvgIpc) is 3.39. The number of phosphoric acid groups is 1. The van der Waals surface area contributed by atoms with Crippen LogP contribution < -0.4 is 5.32 Å². The third-order valence-corrected chi connectivity index (χ3v) is 14.8. The zero-order valence-electron chi connectivity index (χ0n) is 50.9. The number of nitrogens with one attached hydrogen (secondary N) is 1. The van der Waals surface area contributed by atoms with E-state index in [1.54, 1.807) is 0 Å². The Morgan fingerprint density at radius 2 is 0.831 bits per heavy atom. The molecule has 0 rings (SSSR count). The van der Waals surface area contributed by atoms with Gasteiger partial charge in [-0.3, -0.25) is 18.6 Å². The highest BCUT2D eigenvalue weighted by Crippen LogP contribution is 2.43. The molecule has 0 saturated heterocycles. The molecule has 3 atom stereocenters. The monoisotopic (exact) mass is 1100 g/mol. The molecule has 10 heteroatoms. The van der Waals surface area contributed by atoms with Gasteiger partial charge in [-0.2, -0.15) is 0 Å². The summed E-state index contributed by atoms with van der Waals surface area (Å²) in [6.45, 7) is 6.89. The normalized spacial score (nSPS) is 14.2. The van der Waals surface area contributed by atoms with Gasteiger partial charge in [-0.1, -0.05) is 267 Å². The van der Waals surface area contributed by atoms with E-state index < -0.39 is 20.0 Å². The molecular formula is C67H122N2O7P+. The van der Waals surface area contributed by atoms with Gasteiger partial charge < -0.3 is 19.4 Å². The predicted molar refractivity (Wildman–Crippen MR) is 332 cm³/mol. The van der Waals surface area contributed by atoms with E-state index in [-0.39, 0.29) is 31.5 Å². The molecule has 0 aliphatic rings. The van der Waals surface area contributed by atoms with Crippen LogP contribution in [-0.2, 0) is 27.9 Å². The number of carbonyl (C=O) groups excluding carboxylic acids is 2. The lowest BCUT2D eigenvalue weighted by molar-refractivity contribution is -0.870. The Kier molecular flexibility index (Phi) is 54.4. The number of esters is 1. The number of hydrogen-bond acceptors (Lipinski definition) is 6. The standard InChI is InChI=1S/C67H121N2O7P/c1-7-10-13-16-19-22-25-27-29-30-31-32-33-34-35-36-37-38-40-42-45-48-51-54-57-60-67(71)76-65(58-55-52-49-46-43-24-21-18-15-12-9-3)64(63-75-77(72,73)74-62-61-69(4,5)6)68-66(70)59-56-53-50-47-44-41-39-28-26-23-20-17-14-11-8-2/h10,13,19,22,27,29,31-32,34-35,37-38,55,58,64-65H,7-9,11-12,14-18,20-21,23-26,28,30,33,36,39-54,56-57,59-63H2,1-6H3,(H-,68,70,72,73)/p+1/b13-10-,22-19-,29-27-,32-31-,35-34-,38-37-,58-55+. The van der Waals surface area contributed by atoms with E-state index in [2.05, 4.69) is 99.0 Å². The molecule has 0 fully saturated rings. The Bertz CT molecular complexity index is 1590. The van der Waals surface area contributed by atoms with Crippen molar-refractivity contribution < 1.29 is 37.3 Å². The second kappa shape index (κ2) is 56.5. The molecule has 0 aliphatic heterocycles. The van der Waals surface area contributed by atoms with Gasteiger partial charge in [0.1, 0.15) is 19.3 Å². The fourth-order valence-electron chi connectivity index (χ4n) is 8.94. The van der Waals surface area contributed by atoms with Crippen molar-refractivity contribution >= 4 is 19.7 Å². The molecule has 0 heterocycles. The SMILES string of the molecule is CC/C=C\C/C=C\C/C=C\C/C=C\C/C=C\C/C=C\CCCCCCCCC(=O)OC(/C=C/CCCCCCCCCCC)C(COP(=O)(O)OCC[N+](C)(C)C)NC(=O)CCCCCCCCCCCCCCCCC. The van der Waals surface area contributed by atoms with Crippen molar-refractivity contribution in [3.8, 4) is 0 Å². The van der Waals surface area contributed by atoms with E-state index in [9.17, 15) is 19.0 Å². The highest BCUT2D eigenvalue weighted by atomic mass is 31.2. The number of carbonyl (C=O) groups is 2. The van der Waals surface area contributed by atoms with Crippen molar-refractivity contribution in [2.24, 2.45) is 0 Å². The van der Waals surface area contributed by atoms with Crippen LogP contribution in [0, 0.1) is 0 Å². The molecule has 3 unspecified atom stereocenters. The number of amides is 1. The third kappa shape index (κ3) is 57.7. The molecule has 0 bridgehead atoms. The summed E-state index contributed by atoms with van der Waals surface area (Å²) in [4.78, 5) is 37.7. The van der Waals surface area contributed by atoms with E-state index in [4.69, 9.17) is 13.8 Å². The minimum Gasteiger partial charge on any atom is -0.456 e. The van der Waals surface area contributed by atoms with Gasteiger partial charge >= 0.3 is 13.8 Å². The van der Waals surface area contributed by atoms with Gasteiger partial charge in [0.05, 0.1) is 33.8 Å². The second-order valence-corrected chi connectivity index (χ2v) is 24.0. The lowest BCUT2D eigenvalue weighted by Crippen LogP contribution is -2.47. The number of unbranched alkanes of at least 4 members (excludes halogenated alkanes) is 29. The summed E-state index contributed by atoms with van der Waals surface area (Å²) < 4.78 is 30.7. The van der Waals surface area contributed by atoms with Gasteiger partial charge in [-0.25, -0.2) is 4.57 Å². The van der Waals surface area contributed by atoms with Crippen LogP contribution in [0.1, 0.15) is 278 Å². The maximum absolute atomic E-state index is 13.5. The summed E-state index contributed by atoms with van der Waals surface area (Å²) in [7, 11) is 1.48. The number of nitrogens with zero attached hydrogens (tertiary/aromatic N) is 1. The number of rotatable bonds is 57. The van der Waals surface area contributed by atoms with Crippen molar-refractivity contribution in [1.29, 1.82) is 0 Å². The molecule has 0 aromatic heterocycles. The van der Waals surface area contributed by atoms with Gasteiger partial charge in [0.15, 0.2) is 0 Å². The first kappa shape index (κ1) is 74.2. The van der Waals surface area contributed by atoms with Crippen molar-refractivity contribution in [2.75, 3.05) is 40.9 Å². The van der Waals surface area contributed by atoms with Gasteiger partial charge in [-0.15, -0.1) is 0 Å². The maximum Gasteiger partial charge on any atom is 0.472 e. The predicted octanol–water partition coefficient (Wildman–Crippen LogP) is 19.8. The summed E-state index contributed by atoms with van der Waals surface area (Å²) in [5, 5.41) is 3.05. The summed E-state index contributed by atoms with van der Waals surface area (Å²) in [6, 6.07) is -0.856. The maximum atomic E-state index is 13.5. The minimum atomic E-state index is -4.45. The molecule has 9 nitrogen and oxygen atoms in total. The molecular weight excluding hydrogens is 976 g/mol. The van der Waals surface area contributed by atoms with Crippen molar-refractivity contribution in [1.82, 2.24) is 5.32 Å². The largest absolute Gasteiger partial charge is 0.472 e. The van der Waals surface area contributed by atoms with Crippen LogP contribution in [0.4, 0.5) is 0 Å². The molecule has 0 aromatic rings. The topological polar surface area (TPSA) is 111 Å². The Morgan fingerprint density at radius 1 is 0.468 bits per heavy atom. The van der Waals surface area contributed by atoms with E-state index in [0.29, 0.717) is 17.4 Å². The molecule has 0 aliphatic carbocycles. The summed E-state index contributed by atoms with van der Waals surface area (Å²) in [5.74, 6) is -0.519. The van der Waals surface area contributed by atoms with Gasteiger partial charge in [0.25, 0.3) is 0 Å². The minimum absolute atomic E-state index is 0.0357. The molecule has 0 saturated carbocycles. The van der Waals surface area contributed by atoms with Crippen LogP contribution in [0.25, 0.3) is 0 Å². The summed E-state index contributed by atoms with van der Waals surface area (Å²) >= 11 is 0. The molecule has 2 N–H and O–H groups in total. The van der Waals surface area contributed by atoms with Crippen molar-refractivity contribution in [3.63, 3.8) is 0 Å². The highest BCUT2D eigenvalue weighted by molar-refractivity contribution is 7.47. The lowest BCUT2D eigenvalue weighted by atomic mass is 10.0. The fourth-order valence-corrected chi connectivity index (χ4v) is 9.68. The molecule has 77 heavy (non-hydrogen) atoms. The van der Waals surface area contributed by atoms with Crippen LogP contribution in [0.15, 0.2) is 85.1 Å². The van der Waals surface area contributed by atoms with Crippen LogP contribution >= 0.6 is 7.82 Å². The van der Waals surface area contributed by atoms with Crippen LogP contribution in [-0.4, -0.2) is 74.3 Å². The van der Waals surface area contributed by atoms with Crippen LogP contribution in [0.5, 0.6) is 0 Å². The first-order valence-electron chi connectivity index (χ1n) is 31.9. The molecule has 0 radical (unpaired) electrons. The number of hydrogen-bond donors (Lipinski definition) is 2. The second-order valence-electron chi connectivity index (χ2n) is 22.6. The van der Waals surface area contributed by atoms with Crippen molar-refractivity contribution in [3.05, 3.63) is 85.1 Å². The Balaban J connectivity index is 5.16. The summed E-state index contributed by atoms with van der Waals surface area (Å²) in [5.41, 5.74) is 0. The van der Waals surface area contributed by atoms with Gasteiger partial charge in [-0.05, 0) is 83.1 Å². The van der Waals surface area contributed by atoms with Gasteiger partial charge in [0.2, 0.25) is 5.91 Å². The number of likely N-dealkylation sites (N-methyl/N-ethyl adjacent to an activating group) is 1. The first-order chi connectivity index (χ1) is 37.4. The fraction of sp³-hybridized carbons (Fsp3) is 0.761. The van der Waals surface area contributed by atoms with E-state index >= 15 is 0 Å². The van der Waals surface area contributed by atoms with Crippen LogP contribution in [0.2, 0.25) is 0 Å². The Hall–Kier alpha value is -2.81. The number of quaternary nitrogens is 1. The Morgan fingerprint density at radius 3 is 1.25 bits per heavy atom. The van der Waals surface area contributed by atoms with Crippen molar-refractivity contribution in [2.45, 2.75) is 290 Å². The quantitative estimate of drug-likeness (QED) is 0.0205. The number of ether oxygens (including phenoxy) is 1. The zero-order chi connectivity index (χ0) is 56.4. The number of phosphoric ester groups is 1. The number of allylic oxidation sites excluding steroid dienone is 13. The smallest absolute Gasteiger partial charge is 0.456 e. The summed E-state index contributed by atoms with van der Waals surface area (Å²) in [6.07, 6.45) is 74.4. The van der Waals surface area contributed by atoms with E-state index in [1.165, 1.54) is 122 Å². The lowest BCUT2D eigenvalue weighted by Gasteiger charge is -2.27. The van der Waals surface area contributed by atoms with Gasteiger partial charge in [0, 0.05) is 12.8 Å². The highest BCUT2D eigenvalue weighted by Gasteiger charge is 2.30. The zero-order valence-corrected chi connectivity index (χ0v) is 51.8. The molecule has 0 spiro atoms. The van der Waals surface area contributed by atoms with E-state index in [0.717, 1.165) is 122 Å². The Labute approximate surface area is 476 Å². The first-order valence-corrected chi connectivity index (χ1v) is 33.4. The third-order valence-electron chi connectivity index (χ3n) is 13.8. The van der Waals surface area contributed by atoms with E-state index in [1.807, 2.05) is 33.3 Å². The molecule has 446 valence electrons. The van der Waals surface area contributed by atoms with Crippen LogP contribution in [0.3, 0.4) is 0 Å². The molecule has 1 amide bonds. The molecule has 0 aromatic carbocycles.